The van der Waals surface area contributed by atoms with Gasteiger partial charge in [0.25, 0.3) is 0 Å². The zero-order valence-electron chi connectivity index (χ0n) is 15.1. The minimum Gasteiger partial charge on any atom is -0.468 e. The Kier molecular flexibility index (Phi) is 10.2. The lowest BCUT2D eigenvalue weighted by Gasteiger charge is -2.21. The summed E-state index contributed by atoms with van der Waals surface area (Å²) in [7, 11) is 4.06. The van der Waals surface area contributed by atoms with Crippen LogP contribution in [-0.2, 0) is 6.42 Å². The van der Waals surface area contributed by atoms with Gasteiger partial charge in [-0.2, -0.15) is 0 Å². The van der Waals surface area contributed by atoms with Crippen LogP contribution in [0.1, 0.15) is 24.4 Å². The van der Waals surface area contributed by atoms with E-state index in [1.807, 2.05) is 50.6 Å². The van der Waals surface area contributed by atoms with E-state index in [4.69, 9.17) is 9.41 Å². The molecule has 2 heterocycles. The predicted molar refractivity (Wildman–Crippen MR) is 112 cm³/mol. The third-order valence-corrected chi connectivity index (χ3v) is 3.66. The van der Waals surface area contributed by atoms with Gasteiger partial charge >= 0.3 is 0 Å². The number of aromatic nitrogens is 1. The first-order valence-corrected chi connectivity index (χ1v) is 8.32. The summed E-state index contributed by atoms with van der Waals surface area (Å²) in [5.41, 5.74) is 1.07. The highest BCUT2D eigenvalue weighted by molar-refractivity contribution is 14.0. The highest BCUT2D eigenvalue weighted by Gasteiger charge is 2.16. The predicted octanol–water partition coefficient (Wildman–Crippen LogP) is 2.69. The van der Waals surface area contributed by atoms with Crippen LogP contribution in [0.25, 0.3) is 0 Å². The lowest BCUT2D eigenvalue weighted by atomic mass is 10.2. The van der Waals surface area contributed by atoms with E-state index in [2.05, 4.69) is 27.4 Å². The number of nitrogens with zero attached hydrogens (tertiary/aromatic N) is 3. The van der Waals surface area contributed by atoms with Crippen molar-refractivity contribution < 1.29 is 4.42 Å². The number of guanidine groups is 1. The Morgan fingerprint density at radius 1 is 1.24 bits per heavy atom. The molecule has 0 aliphatic heterocycles. The Balaban J connectivity index is 0.00000312. The fraction of sp³-hybridized carbons (Fsp3) is 0.444. The largest absolute Gasteiger partial charge is 0.468 e. The molecule has 0 fully saturated rings. The molecule has 0 aromatic carbocycles. The van der Waals surface area contributed by atoms with E-state index in [1.165, 1.54) is 0 Å². The second-order valence-corrected chi connectivity index (χ2v) is 5.71. The molecule has 1 unspecified atom stereocenters. The third-order valence-electron chi connectivity index (χ3n) is 3.66. The van der Waals surface area contributed by atoms with Crippen LogP contribution in [0, 0.1) is 0 Å². The van der Waals surface area contributed by atoms with Crippen LogP contribution >= 0.6 is 24.0 Å². The van der Waals surface area contributed by atoms with Crippen LogP contribution in [0.2, 0.25) is 0 Å². The molecule has 2 aromatic heterocycles. The maximum atomic E-state index is 5.53. The molecule has 0 saturated heterocycles. The van der Waals surface area contributed by atoms with Crippen molar-refractivity contribution in [1.29, 1.82) is 0 Å². The van der Waals surface area contributed by atoms with Crippen LogP contribution < -0.4 is 10.6 Å². The molecular weight excluding hydrogens is 429 g/mol. The van der Waals surface area contributed by atoms with E-state index in [1.54, 1.807) is 6.26 Å². The van der Waals surface area contributed by atoms with Gasteiger partial charge in [0.15, 0.2) is 5.96 Å². The fourth-order valence-electron chi connectivity index (χ4n) is 2.36. The van der Waals surface area contributed by atoms with Gasteiger partial charge in [0.05, 0.1) is 18.8 Å². The molecule has 2 N–H and O–H groups in total. The van der Waals surface area contributed by atoms with Gasteiger partial charge in [-0.3, -0.25) is 14.9 Å². The van der Waals surface area contributed by atoms with Gasteiger partial charge in [0.1, 0.15) is 5.76 Å². The first-order chi connectivity index (χ1) is 11.7. The van der Waals surface area contributed by atoms with Crippen LogP contribution in [0.3, 0.4) is 0 Å². The molecule has 2 aromatic rings. The molecule has 0 aliphatic carbocycles. The molecule has 0 saturated carbocycles. The van der Waals surface area contributed by atoms with E-state index in [-0.39, 0.29) is 30.0 Å². The molecule has 25 heavy (non-hydrogen) atoms. The van der Waals surface area contributed by atoms with Gasteiger partial charge < -0.3 is 15.1 Å². The molecule has 6 nitrogen and oxygen atoms in total. The molecule has 0 bridgehead atoms. The Bertz CT molecular complexity index is 601. The molecule has 138 valence electrons. The fourth-order valence-corrected chi connectivity index (χ4v) is 2.36. The average Bonchev–Trinajstić information content (AvgIpc) is 3.10. The molecule has 0 amide bonds. The number of hydrogen-bond acceptors (Lipinski definition) is 4. The van der Waals surface area contributed by atoms with Crippen molar-refractivity contribution in [2.24, 2.45) is 4.99 Å². The summed E-state index contributed by atoms with van der Waals surface area (Å²) >= 11 is 0. The molecule has 1 atom stereocenters. The molecule has 2 rings (SSSR count). The van der Waals surface area contributed by atoms with Crippen LogP contribution in [0.4, 0.5) is 0 Å². The summed E-state index contributed by atoms with van der Waals surface area (Å²) < 4.78 is 5.53. The lowest BCUT2D eigenvalue weighted by molar-refractivity contribution is 0.265. The zero-order chi connectivity index (χ0) is 17.2. The molecule has 0 radical (unpaired) electrons. The van der Waals surface area contributed by atoms with Crippen molar-refractivity contribution >= 4 is 29.9 Å². The van der Waals surface area contributed by atoms with Gasteiger partial charge in [-0.05, 0) is 45.3 Å². The zero-order valence-corrected chi connectivity index (χ0v) is 17.4. The number of aliphatic imine (C=N–C) groups is 1. The second-order valence-electron chi connectivity index (χ2n) is 5.71. The van der Waals surface area contributed by atoms with Gasteiger partial charge in [-0.15, -0.1) is 24.0 Å². The van der Waals surface area contributed by atoms with Gasteiger partial charge in [-0.1, -0.05) is 6.07 Å². The third kappa shape index (κ3) is 7.43. The molecular formula is C18H28IN5O. The quantitative estimate of drug-likeness (QED) is 0.363. The molecule has 0 aliphatic rings. The first-order valence-electron chi connectivity index (χ1n) is 8.32. The van der Waals surface area contributed by atoms with E-state index in [0.717, 1.165) is 36.9 Å². The number of rotatable bonds is 8. The Hall–Kier alpha value is -1.61. The van der Waals surface area contributed by atoms with Crippen molar-refractivity contribution in [1.82, 2.24) is 20.5 Å². The van der Waals surface area contributed by atoms with Crippen molar-refractivity contribution in [3.8, 4) is 0 Å². The number of furan rings is 1. The van der Waals surface area contributed by atoms with Crippen LogP contribution in [-0.4, -0.2) is 49.6 Å². The maximum Gasteiger partial charge on any atom is 0.191 e. The van der Waals surface area contributed by atoms with E-state index >= 15 is 0 Å². The highest BCUT2D eigenvalue weighted by Crippen LogP contribution is 2.18. The van der Waals surface area contributed by atoms with Gasteiger partial charge in [0, 0.05) is 31.4 Å². The lowest BCUT2D eigenvalue weighted by Crippen LogP contribution is -2.39. The van der Waals surface area contributed by atoms with E-state index < -0.39 is 0 Å². The van der Waals surface area contributed by atoms with E-state index in [9.17, 15) is 0 Å². The SMILES string of the molecule is CCNC(=NCC(c1ccco1)N(C)C)NCCc1ccccn1.I. The normalized spacial score (nSPS) is 12.6. The summed E-state index contributed by atoms with van der Waals surface area (Å²) in [6.07, 6.45) is 4.38. The van der Waals surface area contributed by atoms with Crippen LogP contribution in [0.5, 0.6) is 0 Å². The van der Waals surface area contributed by atoms with Gasteiger partial charge in [-0.25, -0.2) is 0 Å². The standard InChI is InChI=1S/C18H27N5O.HI/c1-4-19-18(21-12-10-15-8-5-6-11-20-15)22-14-16(23(2)3)17-9-7-13-24-17;/h5-9,11,13,16H,4,10,12,14H2,1-3H3,(H2,19,21,22);1H. The highest BCUT2D eigenvalue weighted by atomic mass is 127. The number of pyridine rings is 1. The molecule has 0 spiro atoms. The number of hydrogen-bond donors (Lipinski definition) is 2. The van der Waals surface area contributed by atoms with E-state index in [0.29, 0.717) is 6.54 Å². The van der Waals surface area contributed by atoms with Crippen molar-refractivity contribution in [3.05, 3.63) is 54.2 Å². The Morgan fingerprint density at radius 2 is 2.08 bits per heavy atom. The van der Waals surface area contributed by atoms with Gasteiger partial charge in [0.2, 0.25) is 0 Å². The van der Waals surface area contributed by atoms with Crippen molar-refractivity contribution in [2.45, 2.75) is 19.4 Å². The van der Waals surface area contributed by atoms with Crippen molar-refractivity contribution in [2.75, 3.05) is 33.7 Å². The monoisotopic (exact) mass is 457 g/mol. The summed E-state index contributed by atoms with van der Waals surface area (Å²) in [5, 5.41) is 6.64. The summed E-state index contributed by atoms with van der Waals surface area (Å²) in [5.74, 6) is 1.74. The first kappa shape index (κ1) is 21.4. The summed E-state index contributed by atoms with van der Waals surface area (Å²) in [6.45, 7) is 4.30. The number of nitrogens with one attached hydrogen (secondary N) is 2. The smallest absolute Gasteiger partial charge is 0.191 e. The number of likely N-dealkylation sites (N-methyl/N-ethyl adjacent to an activating group) is 1. The van der Waals surface area contributed by atoms with Crippen LogP contribution in [0.15, 0.2) is 52.2 Å². The maximum absolute atomic E-state index is 5.53. The summed E-state index contributed by atoms with van der Waals surface area (Å²) in [4.78, 5) is 11.1. The van der Waals surface area contributed by atoms with Crippen molar-refractivity contribution in [3.63, 3.8) is 0 Å². The second kappa shape index (κ2) is 11.9. The average molecular weight is 457 g/mol. The topological polar surface area (TPSA) is 65.7 Å². The molecule has 7 heteroatoms. The minimum atomic E-state index is 0. The Morgan fingerprint density at radius 3 is 2.68 bits per heavy atom. The Labute approximate surface area is 167 Å². The summed E-state index contributed by atoms with van der Waals surface area (Å²) in [6, 6.07) is 9.98. The number of halogens is 1. The minimum absolute atomic E-state index is 0.